The fourth-order valence-electron chi connectivity index (χ4n) is 3.76. The zero-order valence-electron chi connectivity index (χ0n) is 17.2. The fraction of sp³-hybridized carbons (Fsp3) is 0.217. The van der Waals surface area contributed by atoms with Crippen molar-refractivity contribution in [1.29, 1.82) is 0 Å². The molecular formula is C23H23ClN6O. The van der Waals surface area contributed by atoms with Gasteiger partial charge in [0.15, 0.2) is 5.65 Å². The third-order valence-electron chi connectivity index (χ3n) is 5.46. The minimum Gasteiger partial charge on any atom is -0.497 e. The lowest BCUT2D eigenvalue weighted by Crippen LogP contribution is -2.42. The molecule has 0 spiro atoms. The number of halogens is 1. The van der Waals surface area contributed by atoms with Gasteiger partial charge in [0.25, 0.3) is 0 Å². The number of nitrogens with one attached hydrogen (secondary N) is 1. The standard InChI is InChI=1S/C23H23ClN6O/c1-31-20-11-5-17(6-12-20)21-3-2-4-22-26-23(27-30(21)22)25-18-7-9-19(10-8-18)28-13-15-29(24)16-14-28/h2-12H,13-16H2,1H3,(H,25,27). The highest BCUT2D eigenvalue weighted by molar-refractivity contribution is 6.13. The quantitative estimate of drug-likeness (QED) is 0.469. The molecule has 0 radical (unpaired) electrons. The number of piperazine rings is 1. The van der Waals surface area contributed by atoms with Crippen molar-refractivity contribution in [2.45, 2.75) is 0 Å². The van der Waals surface area contributed by atoms with Gasteiger partial charge >= 0.3 is 0 Å². The lowest BCUT2D eigenvalue weighted by Gasteiger charge is -2.32. The smallest absolute Gasteiger partial charge is 0.247 e. The van der Waals surface area contributed by atoms with Gasteiger partial charge in [-0.25, -0.2) is 8.93 Å². The van der Waals surface area contributed by atoms with Gasteiger partial charge in [0.05, 0.1) is 12.8 Å². The maximum Gasteiger partial charge on any atom is 0.247 e. The molecule has 8 heteroatoms. The Hall–Kier alpha value is -3.29. The molecule has 1 fully saturated rings. The average molecular weight is 435 g/mol. The molecule has 31 heavy (non-hydrogen) atoms. The van der Waals surface area contributed by atoms with Crippen LogP contribution in [0, 0.1) is 0 Å². The Kier molecular flexibility index (Phi) is 5.36. The topological polar surface area (TPSA) is 57.9 Å². The second-order valence-electron chi connectivity index (χ2n) is 7.41. The molecule has 5 rings (SSSR count). The van der Waals surface area contributed by atoms with Crippen LogP contribution in [0.1, 0.15) is 0 Å². The molecule has 4 aromatic rings. The SMILES string of the molecule is COc1ccc(-c2cccc3nc(Nc4ccc(N5CCN(Cl)CC5)cc4)nn23)cc1. The van der Waals surface area contributed by atoms with E-state index in [4.69, 9.17) is 16.5 Å². The third-order valence-corrected chi connectivity index (χ3v) is 5.80. The molecule has 7 nitrogen and oxygen atoms in total. The summed E-state index contributed by atoms with van der Waals surface area (Å²) >= 11 is 6.06. The predicted octanol–water partition coefficient (Wildman–Crippen LogP) is 4.42. The van der Waals surface area contributed by atoms with Crippen molar-refractivity contribution in [3.63, 3.8) is 0 Å². The normalized spacial score (nSPS) is 14.7. The summed E-state index contributed by atoms with van der Waals surface area (Å²) in [6.07, 6.45) is 0. The van der Waals surface area contributed by atoms with Gasteiger partial charge in [-0.3, -0.25) is 0 Å². The van der Waals surface area contributed by atoms with Crippen molar-refractivity contribution in [1.82, 2.24) is 19.0 Å². The Labute approximate surface area is 185 Å². The Bertz CT molecular complexity index is 1170. The average Bonchev–Trinajstić information content (AvgIpc) is 3.23. The van der Waals surface area contributed by atoms with Crippen molar-refractivity contribution in [3.05, 3.63) is 66.7 Å². The first kappa shape index (κ1) is 19.7. The molecule has 1 aliphatic rings. The van der Waals surface area contributed by atoms with E-state index in [2.05, 4.69) is 44.6 Å². The minimum atomic E-state index is 0.560. The molecular weight excluding hydrogens is 412 g/mol. The second-order valence-corrected chi connectivity index (χ2v) is 7.89. The van der Waals surface area contributed by atoms with Crippen LogP contribution in [-0.2, 0) is 0 Å². The molecule has 0 amide bonds. The summed E-state index contributed by atoms with van der Waals surface area (Å²) in [7, 11) is 1.66. The van der Waals surface area contributed by atoms with Gasteiger partial charge in [-0.2, -0.15) is 4.98 Å². The maximum absolute atomic E-state index is 6.06. The molecule has 3 heterocycles. The van der Waals surface area contributed by atoms with Crippen molar-refractivity contribution in [3.8, 4) is 17.0 Å². The Morgan fingerprint density at radius 2 is 1.65 bits per heavy atom. The monoisotopic (exact) mass is 434 g/mol. The molecule has 1 saturated heterocycles. The van der Waals surface area contributed by atoms with Crippen LogP contribution in [0.2, 0.25) is 0 Å². The lowest BCUT2D eigenvalue weighted by atomic mass is 10.1. The molecule has 1 aliphatic heterocycles. The molecule has 0 unspecified atom stereocenters. The summed E-state index contributed by atoms with van der Waals surface area (Å²) in [6.45, 7) is 3.59. The third kappa shape index (κ3) is 4.15. The van der Waals surface area contributed by atoms with E-state index in [0.29, 0.717) is 5.95 Å². The molecule has 0 saturated carbocycles. The van der Waals surface area contributed by atoms with Crippen LogP contribution in [-0.4, -0.2) is 52.3 Å². The van der Waals surface area contributed by atoms with Crippen molar-refractivity contribution < 1.29 is 4.74 Å². The Morgan fingerprint density at radius 3 is 2.35 bits per heavy atom. The number of ether oxygens (including phenoxy) is 1. The Morgan fingerprint density at radius 1 is 0.903 bits per heavy atom. The summed E-state index contributed by atoms with van der Waals surface area (Å²) in [6, 6.07) is 22.2. The summed E-state index contributed by atoms with van der Waals surface area (Å²) in [4.78, 5) is 6.97. The first-order valence-corrected chi connectivity index (χ1v) is 10.6. The summed E-state index contributed by atoms with van der Waals surface area (Å²) in [5, 5.41) is 8.00. The molecule has 2 aromatic heterocycles. The Balaban J connectivity index is 1.36. The molecule has 2 aromatic carbocycles. The zero-order valence-corrected chi connectivity index (χ0v) is 18.0. The van der Waals surface area contributed by atoms with E-state index in [1.165, 1.54) is 5.69 Å². The van der Waals surface area contributed by atoms with Crippen molar-refractivity contribution >= 4 is 34.7 Å². The predicted molar refractivity (Wildman–Crippen MR) is 124 cm³/mol. The van der Waals surface area contributed by atoms with E-state index < -0.39 is 0 Å². The number of rotatable bonds is 5. The van der Waals surface area contributed by atoms with E-state index in [9.17, 15) is 0 Å². The van der Waals surface area contributed by atoms with Crippen LogP contribution in [0.25, 0.3) is 16.9 Å². The number of methoxy groups -OCH3 is 1. The molecule has 0 aliphatic carbocycles. The van der Waals surface area contributed by atoms with Gasteiger partial charge in [0.1, 0.15) is 5.75 Å². The molecule has 1 N–H and O–H groups in total. The van der Waals surface area contributed by atoms with Gasteiger partial charge in [0, 0.05) is 43.1 Å². The van der Waals surface area contributed by atoms with Crippen LogP contribution in [0.4, 0.5) is 17.3 Å². The molecule has 158 valence electrons. The van der Waals surface area contributed by atoms with E-state index in [0.717, 1.165) is 54.5 Å². The minimum absolute atomic E-state index is 0.560. The number of fused-ring (bicyclic) bond motifs is 1. The van der Waals surface area contributed by atoms with Gasteiger partial charge in [0.2, 0.25) is 5.95 Å². The molecule has 0 bridgehead atoms. The maximum atomic E-state index is 6.06. The number of hydrogen-bond donors (Lipinski definition) is 1. The van der Waals surface area contributed by atoms with E-state index in [-0.39, 0.29) is 0 Å². The van der Waals surface area contributed by atoms with Crippen LogP contribution >= 0.6 is 11.8 Å². The number of pyridine rings is 1. The van der Waals surface area contributed by atoms with Crippen LogP contribution < -0.4 is 15.0 Å². The van der Waals surface area contributed by atoms with Crippen molar-refractivity contribution in [2.24, 2.45) is 0 Å². The summed E-state index contributed by atoms with van der Waals surface area (Å²) in [5.74, 6) is 1.38. The number of benzene rings is 2. The highest BCUT2D eigenvalue weighted by atomic mass is 35.5. The number of aromatic nitrogens is 3. The van der Waals surface area contributed by atoms with E-state index in [1.807, 2.05) is 51.4 Å². The summed E-state index contributed by atoms with van der Waals surface area (Å²) < 4.78 is 8.95. The van der Waals surface area contributed by atoms with Crippen LogP contribution in [0.15, 0.2) is 66.7 Å². The fourth-order valence-corrected chi connectivity index (χ4v) is 3.91. The van der Waals surface area contributed by atoms with Gasteiger partial charge < -0.3 is 15.0 Å². The van der Waals surface area contributed by atoms with Crippen LogP contribution in [0.5, 0.6) is 5.75 Å². The summed E-state index contributed by atoms with van der Waals surface area (Å²) in [5.41, 5.74) is 4.94. The largest absolute Gasteiger partial charge is 0.497 e. The van der Waals surface area contributed by atoms with E-state index >= 15 is 0 Å². The van der Waals surface area contributed by atoms with Gasteiger partial charge in [-0.15, -0.1) is 5.10 Å². The highest BCUT2D eigenvalue weighted by Crippen LogP contribution is 2.25. The molecule has 0 atom stereocenters. The van der Waals surface area contributed by atoms with E-state index in [1.54, 1.807) is 7.11 Å². The zero-order chi connectivity index (χ0) is 21.2. The second kappa shape index (κ2) is 8.45. The number of anilines is 3. The number of hydrogen-bond acceptors (Lipinski definition) is 6. The van der Waals surface area contributed by atoms with Gasteiger partial charge in [-0.05, 0) is 72.4 Å². The first-order valence-electron chi connectivity index (χ1n) is 10.2. The number of nitrogens with zero attached hydrogens (tertiary/aromatic N) is 5. The highest BCUT2D eigenvalue weighted by Gasteiger charge is 2.15. The lowest BCUT2D eigenvalue weighted by molar-refractivity contribution is 0.415. The van der Waals surface area contributed by atoms with Gasteiger partial charge in [-0.1, -0.05) is 6.07 Å². The van der Waals surface area contributed by atoms with Crippen LogP contribution in [0.3, 0.4) is 0 Å². The van der Waals surface area contributed by atoms with Crippen molar-refractivity contribution in [2.75, 3.05) is 43.5 Å². The first-order chi connectivity index (χ1) is 15.2.